The molecule has 0 aromatic heterocycles. The van der Waals surface area contributed by atoms with Gasteiger partial charge < -0.3 is 10.6 Å². The minimum Gasteiger partial charge on any atom is -0.399 e. The van der Waals surface area contributed by atoms with E-state index in [1.807, 2.05) is 0 Å². The molecule has 1 aliphatic heterocycles. The Bertz CT molecular complexity index is 814. The van der Waals surface area contributed by atoms with Crippen LogP contribution in [0.25, 0.3) is 0 Å². The Morgan fingerprint density at radius 2 is 1.95 bits per heavy atom. The summed E-state index contributed by atoms with van der Waals surface area (Å²) < 4.78 is 40.7. The van der Waals surface area contributed by atoms with Gasteiger partial charge in [0.15, 0.2) is 0 Å². The zero-order valence-corrected chi connectivity index (χ0v) is 11.7. The lowest BCUT2D eigenvalue weighted by atomic mass is 10.1. The van der Waals surface area contributed by atoms with E-state index in [0.717, 1.165) is 0 Å². The van der Waals surface area contributed by atoms with E-state index in [1.54, 1.807) is 29.2 Å². The molecule has 5 nitrogen and oxygen atoms in total. The topological polar surface area (TPSA) is 75.8 Å². The SMILES string of the molecule is Nc1cc(F)cc(CN2C=NS(=O)(=O)c3ccccc32)c1. The largest absolute Gasteiger partial charge is 0.399 e. The monoisotopic (exact) mass is 305 g/mol. The summed E-state index contributed by atoms with van der Waals surface area (Å²) in [6.07, 6.45) is 1.23. The Kier molecular flexibility index (Phi) is 3.13. The fraction of sp³-hybridized carbons (Fsp3) is 0.0714. The lowest BCUT2D eigenvalue weighted by molar-refractivity contribution is 0.597. The molecular formula is C14H12FN3O2S. The minimum absolute atomic E-state index is 0.136. The van der Waals surface area contributed by atoms with Gasteiger partial charge >= 0.3 is 0 Å². The Morgan fingerprint density at radius 3 is 2.71 bits per heavy atom. The number of anilines is 2. The maximum absolute atomic E-state index is 13.4. The fourth-order valence-electron chi connectivity index (χ4n) is 2.24. The van der Waals surface area contributed by atoms with E-state index in [4.69, 9.17) is 5.73 Å². The maximum Gasteiger partial charge on any atom is 0.285 e. The molecule has 2 aromatic rings. The van der Waals surface area contributed by atoms with Crippen LogP contribution in [-0.2, 0) is 16.6 Å². The smallest absolute Gasteiger partial charge is 0.285 e. The highest BCUT2D eigenvalue weighted by Gasteiger charge is 2.24. The Balaban J connectivity index is 2.01. The Labute approximate surface area is 121 Å². The molecule has 2 aromatic carbocycles. The van der Waals surface area contributed by atoms with Crippen LogP contribution in [0.1, 0.15) is 5.56 Å². The first-order valence-corrected chi connectivity index (χ1v) is 7.61. The third-order valence-electron chi connectivity index (χ3n) is 3.11. The van der Waals surface area contributed by atoms with Gasteiger partial charge in [-0.05, 0) is 35.9 Å². The van der Waals surface area contributed by atoms with E-state index in [-0.39, 0.29) is 11.4 Å². The summed E-state index contributed by atoms with van der Waals surface area (Å²) in [5.74, 6) is -0.431. The first kappa shape index (κ1) is 13.6. The molecule has 108 valence electrons. The molecule has 0 saturated heterocycles. The second-order valence-electron chi connectivity index (χ2n) is 4.68. The van der Waals surface area contributed by atoms with Crippen LogP contribution in [0, 0.1) is 5.82 Å². The molecule has 7 heteroatoms. The van der Waals surface area contributed by atoms with Gasteiger partial charge in [-0.25, -0.2) is 4.39 Å². The van der Waals surface area contributed by atoms with Crippen LogP contribution in [0.5, 0.6) is 0 Å². The van der Waals surface area contributed by atoms with Crippen LogP contribution in [0.2, 0.25) is 0 Å². The van der Waals surface area contributed by atoms with Crippen LogP contribution in [0.4, 0.5) is 15.8 Å². The predicted octanol–water partition coefficient (Wildman–Crippen LogP) is 2.15. The summed E-state index contributed by atoms with van der Waals surface area (Å²) in [5, 5.41) is 0. The highest BCUT2D eigenvalue weighted by atomic mass is 32.2. The zero-order chi connectivity index (χ0) is 15.0. The van der Waals surface area contributed by atoms with Crippen molar-refractivity contribution in [3.8, 4) is 0 Å². The number of hydrogen-bond acceptors (Lipinski definition) is 4. The molecule has 0 bridgehead atoms. The van der Waals surface area contributed by atoms with Crippen molar-refractivity contribution in [2.24, 2.45) is 4.40 Å². The summed E-state index contributed by atoms with van der Waals surface area (Å²) in [6, 6.07) is 10.8. The van der Waals surface area contributed by atoms with Crippen molar-refractivity contribution in [2.45, 2.75) is 11.4 Å². The number of hydrogen-bond donors (Lipinski definition) is 1. The van der Waals surface area contributed by atoms with Crippen molar-refractivity contribution in [1.29, 1.82) is 0 Å². The van der Waals surface area contributed by atoms with E-state index in [0.29, 0.717) is 16.9 Å². The van der Waals surface area contributed by atoms with Gasteiger partial charge in [-0.2, -0.15) is 8.42 Å². The summed E-state index contributed by atoms with van der Waals surface area (Å²) in [5.41, 5.74) is 7.08. The zero-order valence-electron chi connectivity index (χ0n) is 10.9. The van der Waals surface area contributed by atoms with Crippen molar-refractivity contribution in [1.82, 2.24) is 0 Å². The number of nitrogens with two attached hydrogens (primary N) is 1. The van der Waals surface area contributed by atoms with Gasteiger partial charge in [-0.1, -0.05) is 12.1 Å². The van der Waals surface area contributed by atoms with Crippen molar-refractivity contribution in [3.63, 3.8) is 0 Å². The maximum atomic E-state index is 13.4. The second kappa shape index (κ2) is 4.85. The summed E-state index contributed by atoms with van der Waals surface area (Å²) >= 11 is 0. The number of nitrogen functional groups attached to an aromatic ring is 1. The third-order valence-corrected chi connectivity index (χ3v) is 4.38. The lowest BCUT2D eigenvalue weighted by Crippen LogP contribution is -2.26. The molecule has 3 rings (SSSR count). The van der Waals surface area contributed by atoms with Crippen molar-refractivity contribution >= 4 is 27.7 Å². The molecular weight excluding hydrogens is 293 g/mol. The number of para-hydroxylation sites is 1. The van der Waals surface area contributed by atoms with E-state index in [1.165, 1.54) is 24.5 Å². The van der Waals surface area contributed by atoms with Gasteiger partial charge in [0, 0.05) is 12.2 Å². The molecule has 0 saturated carbocycles. The fourth-order valence-corrected chi connectivity index (χ4v) is 3.29. The van der Waals surface area contributed by atoms with E-state index in [2.05, 4.69) is 4.40 Å². The number of nitrogens with zero attached hydrogens (tertiary/aromatic N) is 2. The molecule has 0 aliphatic carbocycles. The van der Waals surface area contributed by atoms with Gasteiger partial charge in [0.2, 0.25) is 0 Å². The molecule has 0 spiro atoms. The average molecular weight is 305 g/mol. The molecule has 0 unspecified atom stereocenters. The number of halogens is 1. The van der Waals surface area contributed by atoms with Crippen molar-refractivity contribution in [2.75, 3.05) is 10.6 Å². The van der Waals surface area contributed by atoms with Crippen molar-refractivity contribution < 1.29 is 12.8 Å². The normalized spacial score (nSPS) is 15.8. The van der Waals surface area contributed by atoms with Gasteiger partial charge in [0.05, 0.1) is 5.69 Å². The van der Waals surface area contributed by atoms with Crippen LogP contribution >= 0.6 is 0 Å². The van der Waals surface area contributed by atoms with Crippen LogP contribution in [0.15, 0.2) is 51.8 Å². The molecule has 21 heavy (non-hydrogen) atoms. The first-order valence-electron chi connectivity index (χ1n) is 6.17. The predicted molar refractivity (Wildman–Crippen MR) is 79.1 cm³/mol. The molecule has 0 amide bonds. The van der Waals surface area contributed by atoms with E-state index in [9.17, 15) is 12.8 Å². The van der Waals surface area contributed by atoms with E-state index >= 15 is 0 Å². The highest BCUT2D eigenvalue weighted by Crippen LogP contribution is 2.30. The number of fused-ring (bicyclic) bond motifs is 1. The molecule has 1 aliphatic rings. The summed E-state index contributed by atoms with van der Waals surface area (Å²) in [4.78, 5) is 1.78. The molecule has 0 fully saturated rings. The van der Waals surface area contributed by atoms with Gasteiger partial charge in [-0.3, -0.25) is 0 Å². The standard InChI is InChI=1S/C14H12FN3O2S/c15-11-5-10(6-12(16)7-11)8-18-9-17-21(19,20)14-4-2-1-3-13(14)18/h1-7,9H,8,16H2. The van der Waals surface area contributed by atoms with Gasteiger partial charge in [0.25, 0.3) is 10.0 Å². The van der Waals surface area contributed by atoms with Crippen molar-refractivity contribution in [3.05, 3.63) is 53.8 Å². The van der Waals surface area contributed by atoms with Crippen LogP contribution in [-0.4, -0.2) is 14.8 Å². The third kappa shape index (κ3) is 2.59. The molecule has 0 radical (unpaired) electrons. The van der Waals surface area contributed by atoms with Crippen LogP contribution < -0.4 is 10.6 Å². The molecule has 0 atom stereocenters. The van der Waals surface area contributed by atoms with E-state index < -0.39 is 15.8 Å². The lowest BCUT2D eigenvalue weighted by Gasteiger charge is -2.25. The highest BCUT2D eigenvalue weighted by molar-refractivity contribution is 7.90. The number of sulfonamides is 1. The Morgan fingerprint density at radius 1 is 1.19 bits per heavy atom. The molecule has 2 N–H and O–H groups in total. The quantitative estimate of drug-likeness (QED) is 0.863. The number of rotatable bonds is 2. The first-order chi connectivity index (χ1) is 9.95. The van der Waals surface area contributed by atoms with Crippen LogP contribution in [0.3, 0.4) is 0 Å². The molecule has 1 heterocycles. The summed E-state index contributed by atoms with van der Waals surface area (Å²) in [7, 11) is -3.65. The Hall–Kier alpha value is -2.41. The van der Waals surface area contributed by atoms with Gasteiger partial charge in [-0.15, -0.1) is 4.40 Å². The minimum atomic E-state index is -3.65. The summed E-state index contributed by atoms with van der Waals surface area (Å²) in [6.45, 7) is 0.276. The van der Waals surface area contributed by atoms with Gasteiger partial charge in [0.1, 0.15) is 17.1 Å². The number of benzene rings is 2. The average Bonchev–Trinajstić information content (AvgIpc) is 2.41. The second-order valence-corrected chi connectivity index (χ2v) is 6.29.